The van der Waals surface area contributed by atoms with Crippen LogP contribution in [0.1, 0.15) is 19.2 Å². The van der Waals surface area contributed by atoms with Gasteiger partial charge in [0.2, 0.25) is 5.88 Å². The van der Waals surface area contributed by atoms with E-state index in [4.69, 9.17) is 4.74 Å². The number of nitrogens with zero attached hydrogens (tertiary/aromatic N) is 4. The third-order valence-electron chi connectivity index (χ3n) is 3.39. The summed E-state index contributed by atoms with van der Waals surface area (Å²) in [4.78, 5) is 21.3. The quantitative estimate of drug-likeness (QED) is 0.729. The fraction of sp³-hybridized carbons (Fsp3) is 0.357. The minimum atomic E-state index is -0.0353. The van der Waals surface area contributed by atoms with E-state index < -0.39 is 0 Å². The van der Waals surface area contributed by atoms with Crippen LogP contribution in [0.2, 0.25) is 0 Å². The highest BCUT2D eigenvalue weighted by atomic mass is 16.5. The molecular formula is C14H16N4O2. The number of pyridine rings is 1. The van der Waals surface area contributed by atoms with E-state index in [1.54, 1.807) is 28.3 Å². The van der Waals surface area contributed by atoms with Crippen LogP contribution in [-0.4, -0.2) is 26.0 Å². The molecule has 0 saturated heterocycles. The van der Waals surface area contributed by atoms with Crippen molar-refractivity contribution in [2.75, 3.05) is 7.11 Å². The Morgan fingerprint density at radius 3 is 2.80 bits per heavy atom. The van der Waals surface area contributed by atoms with Crippen LogP contribution in [0.5, 0.6) is 5.88 Å². The Bertz CT molecular complexity index is 848. The molecule has 20 heavy (non-hydrogen) atoms. The van der Waals surface area contributed by atoms with Gasteiger partial charge < -0.3 is 9.30 Å². The van der Waals surface area contributed by atoms with Crippen molar-refractivity contribution >= 4 is 16.7 Å². The Labute approximate surface area is 115 Å². The second kappa shape index (κ2) is 4.63. The summed E-state index contributed by atoms with van der Waals surface area (Å²) in [6.45, 7) is 4.56. The van der Waals surface area contributed by atoms with E-state index in [1.165, 1.54) is 0 Å². The third-order valence-corrected chi connectivity index (χ3v) is 3.39. The summed E-state index contributed by atoms with van der Waals surface area (Å²) >= 11 is 0. The van der Waals surface area contributed by atoms with E-state index in [-0.39, 0.29) is 5.56 Å². The van der Waals surface area contributed by atoms with Crippen LogP contribution in [0, 0.1) is 6.92 Å². The van der Waals surface area contributed by atoms with Crippen LogP contribution in [-0.2, 0) is 6.54 Å². The van der Waals surface area contributed by atoms with Crippen molar-refractivity contribution in [1.29, 1.82) is 0 Å². The molecule has 0 amide bonds. The maximum Gasteiger partial charge on any atom is 0.277 e. The molecule has 0 unspecified atom stereocenters. The molecular weight excluding hydrogens is 256 g/mol. The number of hydrogen-bond acceptors (Lipinski definition) is 4. The molecule has 0 spiro atoms. The zero-order valence-corrected chi connectivity index (χ0v) is 11.8. The van der Waals surface area contributed by atoms with Gasteiger partial charge in [-0.15, -0.1) is 0 Å². The van der Waals surface area contributed by atoms with E-state index in [0.29, 0.717) is 23.6 Å². The number of aromatic nitrogens is 4. The monoisotopic (exact) mass is 272 g/mol. The SMILES string of the molecule is CCCn1c(=O)c2cnc(C)n2c2nc(OC)ccc21. The smallest absolute Gasteiger partial charge is 0.277 e. The summed E-state index contributed by atoms with van der Waals surface area (Å²) in [5.74, 6) is 1.26. The second-order valence-corrected chi connectivity index (χ2v) is 4.68. The molecule has 3 aromatic rings. The Morgan fingerprint density at radius 2 is 2.10 bits per heavy atom. The summed E-state index contributed by atoms with van der Waals surface area (Å²) in [5, 5.41) is 0. The summed E-state index contributed by atoms with van der Waals surface area (Å²) in [7, 11) is 1.58. The molecule has 0 aliphatic rings. The Kier molecular flexibility index (Phi) is 2.93. The largest absolute Gasteiger partial charge is 0.481 e. The van der Waals surface area contributed by atoms with Crippen molar-refractivity contribution in [2.24, 2.45) is 0 Å². The maximum atomic E-state index is 12.5. The number of hydrogen-bond donors (Lipinski definition) is 0. The highest BCUT2D eigenvalue weighted by Crippen LogP contribution is 2.18. The van der Waals surface area contributed by atoms with Crippen molar-refractivity contribution in [3.63, 3.8) is 0 Å². The van der Waals surface area contributed by atoms with Crippen molar-refractivity contribution in [3.8, 4) is 5.88 Å². The van der Waals surface area contributed by atoms with Crippen LogP contribution < -0.4 is 10.3 Å². The van der Waals surface area contributed by atoms with Gasteiger partial charge in [0.1, 0.15) is 11.3 Å². The predicted octanol–water partition coefficient (Wildman–Crippen LogP) is 1.77. The number of ether oxygens (including phenoxy) is 1. The average Bonchev–Trinajstić information content (AvgIpc) is 2.85. The van der Waals surface area contributed by atoms with Crippen molar-refractivity contribution in [3.05, 3.63) is 34.5 Å². The lowest BCUT2D eigenvalue weighted by Gasteiger charge is -2.12. The molecule has 6 heteroatoms. The number of rotatable bonds is 3. The summed E-state index contributed by atoms with van der Waals surface area (Å²) < 4.78 is 8.72. The van der Waals surface area contributed by atoms with E-state index in [9.17, 15) is 4.79 Å². The fourth-order valence-corrected chi connectivity index (χ4v) is 2.47. The normalized spacial score (nSPS) is 11.3. The fourth-order valence-electron chi connectivity index (χ4n) is 2.47. The highest BCUT2D eigenvalue weighted by Gasteiger charge is 2.14. The van der Waals surface area contributed by atoms with Crippen molar-refractivity contribution in [2.45, 2.75) is 26.8 Å². The van der Waals surface area contributed by atoms with Crippen LogP contribution >= 0.6 is 0 Å². The zero-order chi connectivity index (χ0) is 14.3. The van der Waals surface area contributed by atoms with Crippen molar-refractivity contribution < 1.29 is 4.74 Å². The van der Waals surface area contributed by atoms with Gasteiger partial charge >= 0.3 is 0 Å². The Balaban J connectivity index is 2.54. The highest BCUT2D eigenvalue weighted by molar-refractivity contribution is 5.76. The summed E-state index contributed by atoms with van der Waals surface area (Å²) in [6.07, 6.45) is 2.48. The average molecular weight is 272 g/mol. The van der Waals surface area contributed by atoms with Crippen LogP contribution in [0.15, 0.2) is 23.1 Å². The van der Waals surface area contributed by atoms with Gasteiger partial charge in [-0.3, -0.25) is 9.20 Å². The lowest BCUT2D eigenvalue weighted by molar-refractivity contribution is 0.399. The number of aryl methyl sites for hydroxylation is 2. The van der Waals surface area contributed by atoms with E-state index in [1.807, 2.05) is 19.9 Å². The number of imidazole rings is 1. The molecule has 104 valence electrons. The van der Waals surface area contributed by atoms with Gasteiger partial charge in [-0.05, 0) is 19.4 Å². The first-order chi connectivity index (χ1) is 9.67. The molecule has 0 aliphatic heterocycles. The summed E-state index contributed by atoms with van der Waals surface area (Å²) in [5.41, 5.74) is 2.00. The number of fused-ring (bicyclic) bond motifs is 3. The molecule has 3 rings (SSSR count). The molecule has 3 heterocycles. The third kappa shape index (κ3) is 1.68. The molecule has 0 aliphatic carbocycles. The van der Waals surface area contributed by atoms with Crippen molar-refractivity contribution in [1.82, 2.24) is 18.9 Å². The molecule has 0 fully saturated rings. The molecule has 3 aromatic heterocycles. The predicted molar refractivity (Wildman–Crippen MR) is 76.3 cm³/mol. The van der Waals surface area contributed by atoms with Gasteiger partial charge in [-0.2, -0.15) is 4.98 Å². The van der Waals surface area contributed by atoms with Gasteiger partial charge in [-0.1, -0.05) is 6.92 Å². The molecule has 0 radical (unpaired) electrons. The standard InChI is InChI=1S/C14H16N4O2/c1-4-7-17-10-5-6-12(20-3)16-13(10)18-9(2)15-8-11(18)14(17)19/h5-6,8H,4,7H2,1-3H3. The summed E-state index contributed by atoms with van der Waals surface area (Å²) in [6, 6.07) is 3.64. The first-order valence-electron chi connectivity index (χ1n) is 6.59. The first-order valence-corrected chi connectivity index (χ1v) is 6.59. The van der Waals surface area contributed by atoms with Gasteiger partial charge in [0.15, 0.2) is 5.65 Å². The molecule has 0 saturated carbocycles. The topological polar surface area (TPSA) is 61.4 Å². The van der Waals surface area contributed by atoms with Gasteiger partial charge in [-0.25, -0.2) is 4.98 Å². The van der Waals surface area contributed by atoms with Gasteiger partial charge in [0, 0.05) is 12.6 Å². The second-order valence-electron chi connectivity index (χ2n) is 4.68. The van der Waals surface area contributed by atoms with Gasteiger partial charge in [0.25, 0.3) is 5.56 Å². The maximum absolute atomic E-state index is 12.5. The zero-order valence-electron chi connectivity index (χ0n) is 11.8. The Hall–Kier alpha value is -2.37. The van der Waals surface area contributed by atoms with Crippen LogP contribution in [0.4, 0.5) is 0 Å². The molecule has 0 aromatic carbocycles. The Morgan fingerprint density at radius 1 is 1.30 bits per heavy atom. The first kappa shape index (κ1) is 12.7. The molecule has 0 bridgehead atoms. The minimum Gasteiger partial charge on any atom is -0.481 e. The lowest BCUT2D eigenvalue weighted by atomic mass is 10.3. The lowest BCUT2D eigenvalue weighted by Crippen LogP contribution is -2.23. The molecule has 0 atom stereocenters. The van der Waals surface area contributed by atoms with Crippen LogP contribution in [0.25, 0.3) is 16.7 Å². The number of methoxy groups -OCH3 is 1. The van der Waals surface area contributed by atoms with E-state index in [0.717, 1.165) is 17.8 Å². The van der Waals surface area contributed by atoms with Crippen LogP contribution in [0.3, 0.4) is 0 Å². The van der Waals surface area contributed by atoms with Gasteiger partial charge in [0.05, 0.1) is 18.8 Å². The van der Waals surface area contributed by atoms with E-state index >= 15 is 0 Å². The van der Waals surface area contributed by atoms with E-state index in [2.05, 4.69) is 9.97 Å². The molecule has 6 nitrogen and oxygen atoms in total. The molecule has 0 N–H and O–H groups in total. The minimum absolute atomic E-state index is 0.0353.